The van der Waals surface area contributed by atoms with Gasteiger partial charge in [-0.05, 0) is 39.4 Å². The number of aryl methyl sites for hydroxylation is 1. The maximum absolute atomic E-state index is 5.47. The van der Waals surface area contributed by atoms with Crippen LogP contribution >= 0.6 is 11.3 Å². The van der Waals surface area contributed by atoms with Crippen molar-refractivity contribution in [2.45, 2.75) is 32.7 Å². The number of aromatic nitrogens is 1. The molecule has 0 spiro atoms. The van der Waals surface area contributed by atoms with Crippen LogP contribution in [0.4, 0.5) is 0 Å². The van der Waals surface area contributed by atoms with Gasteiger partial charge >= 0.3 is 0 Å². The summed E-state index contributed by atoms with van der Waals surface area (Å²) in [7, 11) is 2.12. The highest BCUT2D eigenvalue weighted by Gasteiger charge is 2.04. The summed E-state index contributed by atoms with van der Waals surface area (Å²) in [6.07, 6.45) is 3.34. The average Bonchev–Trinajstić information content (AvgIpc) is 2.63. The second-order valence-corrected chi connectivity index (χ2v) is 4.81. The van der Waals surface area contributed by atoms with Gasteiger partial charge in [-0.25, -0.2) is 4.98 Å². The van der Waals surface area contributed by atoms with Crippen LogP contribution in [0.1, 0.15) is 30.5 Å². The van der Waals surface area contributed by atoms with E-state index in [2.05, 4.69) is 29.2 Å². The molecule has 15 heavy (non-hydrogen) atoms. The third-order valence-electron chi connectivity index (χ3n) is 2.24. The van der Waals surface area contributed by atoms with E-state index in [0.29, 0.717) is 0 Å². The Morgan fingerprint density at radius 3 is 3.00 bits per heavy atom. The van der Waals surface area contributed by atoms with Crippen molar-refractivity contribution in [1.29, 1.82) is 0 Å². The van der Waals surface area contributed by atoms with Crippen LogP contribution in [-0.4, -0.2) is 30.0 Å². The third kappa shape index (κ3) is 4.73. The van der Waals surface area contributed by atoms with Crippen LogP contribution in [-0.2, 0) is 13.0 Å². The normalized spacial score (nSPS) is 11.2. The van der Waals surface area contributed by atoms with Crippen molar-refractivity contribution in [3.05, 3.63) is 16.1 Å². The van der Waals surface area contributed by atoms with Gasteiger partial charge in [0.2, 0.25) is 0 Å². The zero-order valence-electron chi connectivity index (χ0n) is 9.70. The molecule has 0 aliphatic heterocycles. The first-order valence-electron chi connectivity index (χ1n) is 5.58. The van der Waals surface area contributed by atoms with Crippen molar-refractivity contribution < 1.29 is 0 Å². The number of thiazole rings is 1. The molecule has 0 aliphatic carbocycles. The summed E-state index contributed by atoms with van der Waals surface area (Å²) in [5.74, 6) is 0. The zero-order valence-corrected chi connectivity index (χ0v) is 10.5. The van der Waals surface area contributed by atoms with Gasteiger partial charge in [-0.3, -0.25) is 0 Å². The summed E-state index contributed by atoms with van der Waals surface area (Å²) in [5.41, 5.74) is 6.67. The second kappa shape index (κ2) is 6.93. The number of nitrogens with zero attached hydrogens (tertiary/aromatic N) is 2. The second-order valence-electron chi connectivity index (χ2n) is 3.86. The minimum Gasteiger partial charge on any atom is -0.330 e. The Labute approximate surface area is 96.3 Å². The summed E-state index contributed by atoms with van der Waals surface area (Å²) in [4.78, 5) is 6.87. The van der Waals surface area contributed by atoms with Gasteiger partial charge in [0.15, 0.2) is 0 Å². The van der Waals surface area contributed by atoms with E-state index in [-0.39, 0.29) is 0 Å². The van der Waals surface area contributed by atoms with Gasteiger partial charge in [-0.2, -0.15) is 0 Å². The van der Waals surface area contributed by atoms with Crippen LogP contribution in [0, 0.1) is 0 Å². The van der Waals surface area contributed by atoms with Crippen molar-refractivity contribution in [2.75, 3.05) is 20.1 Å². The van der Waals surface area contributed by atoms with Gasteiger partial charge in [0.25, 0.3) is 0 Å². The molecule has 1 heterocycles. The van der Waals surface area contributed by atoms with E-state index < -0.39 is 0 Å². The topological polar surface area (TPSA) is 42.2 Å². The molecule has 0 fully saturated rings. The Bertz CT molecular complexity index is 273. The van der Waals surface area contributed by atoms with Crippen molar-refractivity contribution in [3.63, 3.8) is 0 Å². The SMILES string of the molecule is CCCc1nc(CN(C)CCCN)cs1. The zero-order chi connectivity index (χ0) is 11.1. The highest BCUT2D eigenvalue weighted by Crippen LogP contribution is 2.12. The number of hydrogen-bond donors (Lipinski definition) is 1. The van der Waals surface area contributed by atoms with E-state index in [1.54, 1.807) is 11.3 Å². The first-order chi connectivity index (χ1) is 7.26. The number of nitrogens with two attached hydrogens (primary N) is 1. The van der Waals surface area contributed by atoms with Crippen LogP contribution in [0.5, 0.6) is 0 Å². The highest BCUT2D eigenvalue weighted by molar-refractivity contribution is 7.09. The lowest BCUT2D eigenvalue weighted by atomic mass is 10.3. The van der Waals surface area contributed by atoms with Gasteiger partial charge < -0.3 is 10.6 Å². The molecule has 3 nitrogen and oxygen atoms in total. The molecule has 0 atom stereocenters. The van der Waals surface area contributed by atoms with Gasteiger partial charge in [0.1, 0.15) is 0 Å². The maximum Gasteiger partial charge on any atom is 0.0928 e. The highest BCUT2D eigenvalue weighted by atomic mass is 32.1. The minimum absolute atomic E-state index is 0.766. The molecule has 0 unspecified atom stereocenters. The predicted molar refractivity (Wildman–Crippen MR) is 66.1 cm³/mol. The van der Waals surface area contributed by atoms with E-state index in [9.17, 15) is 0 Å². The van der Waals surface area contributed by atoms with Gasteiger partial charge in [-0.1, -0.05) is 6.92 Å². The van der Waals surface area contributed by atoms with Crippen LogP contribution in [0.15, 0.2) is 5.38 Å². The summed E-state index contributed by atoms with van der Waals surface area (Å²) < 4.78 is 0. The van der Waals surface area contributed by atoms with E-state index in [1.807, 2.05) is 0 Å². The van der Waals surface area contributed by atoms with Gasteiger partial charge in [-0.15, -0.1) is 11.3 Å². The predicted octanol–water partition coefficient (Wildman–Crippen LogP) is 1.88. The molecule has 0 aliphatic rings. The Hall–Kier alpha value is -0.450. The maximum atomic E-state index is 5.47. The summed E-state index contributed by atoms with van der Waals surface area (Å²) in [6.45, 7) is 4.95. The van der Waals surface area contributed by atoms with Crippen molar-refractivity contribution in [2.24, 2.45) is 5.73 Å². The molecular formula is C11H21N3S. The molecule has 0 saturated carbocycles. The number of hydrogen-bond acceptors (Lipinski definition) is 4. The van der Waals surface area contributed by atoms with E-state index in [4.69, 9.17) is 5.73 Å². The summed E-state index contributed by atoms with van der Waals surface area (Å²) >= 11 is 1.78. The van der Waals surface area contributed by atoms with Crippen molar-refractivity contribution >= 4 is 11.3 Å². The Kier molecular flexibility index (Phi) is 5.83. The Morgan fingerprint density at radius 2 is 2.33 bits per heavy atom. The molecule has 0 aromatic carbocycles. The fraction of sp³-hybridized carbons (Fsp3) is 0.727. The van der Waals surface area contributed by atoms with Crippen LogP contribution < -0.4 is 5.73 Å². The van der Waals surface area contributed by atoms with Crippen molar-refractivity contribution in [3.8, 4) is 0 Å². The molecule has 1 aromatic rings. The molecule has 4 heteroatoms. The van der Waals surface area contributed by atoms with Gasteiger partial charge in [0, 0.05) is 11.9 Å². The molecule has 86 valence electrons. The average molecular weight is 227 g/mol. The first-order valence-corrected chi connectivity index (χ1v) is 6.46. The van der Waals surface area contributed by atoms with Gasteiger partial charge in [0.05, 0.1) is 10.7 Å². The molecule has 0 radical (unpaired) electrons. The largest absolute Gasteiger partial charge is 0.330 e. The standard InChI is InChI=1S/C11H21N3S/c1-3-5-11-13-10(9-15-11)8-14(2)7-4-6-12/h9H,3-8,12H2,1-2H3. The lowest BCUT2D eigenvalue weighted by Gasteiger charge is -2.13. The molecule has 0 saturated heterocycles. The molecular weight excluding hydrogens is 206 g/mol. The smallest absolute Gasteiger partial charge is 0.0928 e. The van der Waals surface area contributed by atoms with Crippen LogP contribution in [0.25, 0.3) is 0 Å². The third-order valence-corrected chi connectivity index (χ3v) is 3.20. The summed E-state index contributed by atoms with van der Waals surface area (Å²) in [6, 6.07) is 0. The molecule has 1 aromatic heterocycles. The lowest BCUT2D eigenvalue weighted by Crippen LogP contribution is -2.21. The van der Waals surface area contributed by atoms with Crippen LogP contribution in [0.2, 0.25) is 0 Å². The minimum atomic E-state index is 0.766. The quantitative estimate of drug-likeness (QED) is 0.773. The molecule has 2 N–H and O–H groups in total. The molecule has 1 rings (SSSR count). The monoisotopic (exact) mass is 227 g/mol. The summed E-state index contributed by atoms with van der Waals surface area (Å²) in [5, 5.41) is 3.43. The molecule has 0 bridgehead atoms. The van der Waals surface area contributed by atoms with Crippen LogP contribution in [0.3, 0.4) is 0 Å². The fourth-order valence-corrected chi connectivity index (χ4v) is 2.36. The first kappa shape index (κ1) is 12.6. The molecule has 0 amide bonds. The van der Waals surface area contributed by atoms with Crippen molar-refractivity contribution in [1.82, 2.24) is 9.88 Å². The Balaban J connectivity index is 2.35. The van der Waals surface area contributed by atoms with E-state index >= 15 is 0 Å². The van der Waals surface area contributed by atoms with E-state index in [1.165, 1.54) is 17.1 Å². The Morgan fingerprint density at radius 1 is 1.53 bits per heavy atom. The lowest BCUT2D eigenvalue weighted by molar-refractivity contribution is 0.321. The fourth-order valence-electron chi connectivity index (χ4n) is 1.47. The van der Waals surface area contributed by atoms with E-state index in [0.717, 1.165) is 32.5 Å². The number of rotatable bonds is 7.